The van der Waals surface area contributed by atoms with Crippen LogP contribution in [0, 0.1) is 5.92 Å². The van der Waals surface area contributed by atoms with Gasteiger partial charge in [0.15, 0.2) is 0 Å². The van der Waals surface area contributed by atoms with Gasteiger partial charge in [-0.25, -0.2) is 0 Å². The molecule has 1 aliphatic rings. The van der Waals surface area contributed by atoms with E-state index in [2.05, 4.69) is 38.2 Å². The fourth-order valence-corrected chi connectivity index (χ4v) is 2.43. The first-order valence-electron chi connectivity index (χ1n) is 9.16. The number of allylic oxidation sites excluding steroid dienone is 4. The first kappa shape index (κ1) is 21.6. The molecule has 0 aromatic heterocycles. The second-order valence-corrected chi connectivity index (χ2v) is 6.20. The summed E-state index contributed by atoms with van der Waals surface area (Å²) in [7, 11) is 0. The summed E-state index contributed by atoms with van der Waals surface area (Å²) in [4.78, 5) is 20.9. The maximum atomic E-state index is 11.0. The van der Waals surface area contributed by atoms with E-state index in [4.69, 9.17) is 5.11 Å². The Labute approximate surface area is 141 Å². The first-order chi connectivity index (χ1) is 11.1. The summed E-state index contributed by atoms with van der Waals surface area (Å²) >= 11 is 0. The van der Waals surface area contributed by atoms with Gasteiger partial charge in [-0.05, 0) is 25.2 Å². The molecule has 23 heavy (non-hydrogen) atoms. The van der Waals surface area contributed by atoms with Gasteiger partial charge in [0.2, 0.25) is 0 Å². The Balaban J connectivity index is 0.000000468. The van der Waals surface area contributed by atoms with Gasteiger partial charge in [-0.1, -0.05) is 70.3 Å². The maximum Gasteiger partial charge on any atom is 0.303 e. The molecule has 1 atom stereocenters. The third-order valence-electron chi connectivity index (χ3n) is 3.88. The van der Waals surface area contributed by atoms with Crippen LogP contribution in [0.1, 0.15) is 84.5 Å². The average molecular weight is 322 g/mol. The lowest BCUT2D eigenvalue weighted by atomic mass is 10.1. The lowest BCUT2D eigenvalue weighted by Gasteiger charge is -1.96. The molecule has 0 aromatic rings. The molecule has 0 bridgehead atoms. The largest absolute Gasteiger partial charge is 0.481 e. The van der Waals surface area contributed by atoms with E-state index in [9.17, 15) is 9.59 Å². The number of unbranched alkanes of at least 4 members (excludes halogenated alkanes) is 5. The summed E-state index contributed by atoms with van der Waals surface area (Å²) in [5.74, 6) is 0.263. The molecule has 1 N–H and O–H groups in total. The van der Waals surface area contributed by atoms with Crippen molar-refractivity contribution >= 4 is 11.8 Å². The van der Waals surface area contributed by atoms with E-state index in [-0.39, 0.29) is 0 Å². The van der Waals surface area contributed by atoms with E-state index < -0.39 is 5.97 Å². The number of carboxylic acids is 1. The molecule has 0 heterocycles. The van der Waals surface area contributed by atoms with Gasteiger partial charge in [-0.15, -0.1) is 0 Å². The lowest BCUT2D eigenvalue weighted by Crippen LogP contribution is -1.92. The highest BCUT2D eigenvalue weighted by molar-refractivity contribution is 5.80. The predicted octanol–water partition coefficient (Wildman–Crippen LogP) is 5.70. The van der Waals surface area contributed by atoms with Crippen LogP contribution >= 0.6 is 0 Å². The Hall–Kier alpha value is -1.38. The van der Waals surface area contributed by atoms with Gasteiger partial charge in [-0.3, -0.25) is 9.59 Å². The maximum absolute atomic E-state index is 11.0. The zero-order chi connectivity index (χ0) is 17.3. The number of hydrogen-bond donors (Lipinski definition) is 1. The van der Waals surface area contributed by atoms with Gasteiger partial charge in [0.1, 0.15) is 5.78 Å². The third-order valence-corrected chi connectivity index (χ3v) is 3.88. The Kier molecular flexibility index (Phi) is 14.6. The number of carbonyl (C=O) groups is 2. The van der Waals surface area contributed by atoms with Crippen molar-refractivity contribution < 1.29 is 14.7 Å². The molecule has 0 aromatic carbocycles. The minimum Gasteiger partial charge on any atom is -0.481 e. The van der Waals surface area contributed by atoms with E-state index in [1.54, 1.807) is 0 Å². The Morgan fingerprint density at radius 1 is 1.13 bits per heavy atom. The van der Waals surface area contributed by atoms with Crippen molar-refractivity contribution in [1.29, 1.82) is 0 Å². The molecule has 132 valence electrons. The highest BCUT2D eigenvalue weighted by Crippen LogP contribution is 2.22. The van der Waals surface area contributed by atoms with Crippen LogP contribution in [0.25, 0.3) is 0 Å². The summed E-state index contributed by atoms with van der Waals surface area (Å²) in [6.45, 7) is 4.31. The van der Waals surface area contributed by atoms with E-state index in [0.29, 0.717) is 18.1 Å². The highest BCUT2D eigenvalue weighted by atomic mass is 16.4. The van der Waals surface area contributed by atoms with Crippen LogP contribution in [0.5, 0.6) is 0 Å². The van der Waals surface area contributed by atoms with Crippen LogP contribution in [0.3, 0.4) is 0 Å². The lowest BCUT2D eigenvalue weighted by molar-refractivity contribution is -0.137. The van der Waals surface area contributed by atoms with Crippen molar-refractivity contribution in [3.8, 4) is 0 Å². The van der Waals surface area contributed by atoms with Crippen LogP contribution in [-0.2, 0) is 9.59 Å². The minimum absolute atomic E-state index is 0.333. The van der Waals surface area contributed by atoms with Gasteiger partial charge < -0.3 is 5.11 Å². The molecule has 0 saturated heterocycles. The topological polar surface area (TPSA) is 54.4 Å². The van der Waals surface area contributed by atoms with Gasteiger partial charge in [0, 0.05) is 19.3 Å². The molecule has 3 nitrogen and oxygen atoms in total. The number of carboxylic acid groups (broad SMARTS) is 1. The Morgan fingerprint density at radius 2 is 1.87 bits per heavy atom. The highest BCUT2D eigenvalue weighted by Gasteiger charge is 2.18. The molecular weight excluding hydrogens is 288 g/mol. The van der Waals surface area contributed by atoms with Crippen molar-refractivity contribution in [2.75, 3.05) is 0 Å². The van der Waals surface area contributed by atoms with Crippen molar-refractivity contribution in [3.63, 3.8) is 0 Å². The number of Topliss-reactive ketones (excluding diaryl/α,β-unsaturated/α-hetero) is 1. The smallest absolute Gasteiger partial charge is 0.303 e. The van der Waals surface area contributed by atoms with Crippen molar-refractivity contribution in [3.05, 3.63) is 24.3 Å². The number of carbonyl (C=O) groups excluding carboxylic acids is 1. The molecular formula is C20H34O3. The van der Waals surface area contributed by atoms with Crippen LogP contribution < -0.4 is 0 Å². The molecule has 0 aliphatic heterocycles. The molecule has 0 unspecified atom stereocenters. The zero-order valence-corrected chi connectivity index (χ0v) is 14.9. The Morgan fingerprint density at radius 3 is 2.43 bits per heavy atom. The summed E-state index contributed by atoms with van der Waals surface area (Å²) in [5, 5.41) is 8.21. The summed E-state index contributed by atoms with van der Waals surface area (Å²) < 4.78 is 0. The predicted molar refractivity (Wildman–Crippen MR) is 96.5 cm³/mol. The van der Waals surface area contributed by atoms with Gasteiger partial charge >= 0.3 is 5.97 Å². The van der Waals surface area contributed by atoms with Crippen LogP contribution in [0.4, 0.5) is 0 Å². The number of ketones is 1. The van der Waals surface area contributed by atoms with E-state index in [1.807, 2.05) is 0 Å². The normalized spacial score (nSPS) is 17.7. The monoisotopic (exact) mass is 322 g/mol. The first-order valence-corrected chi connectivity index (χ1v) is 9.16. The van der Waals surface area contributed by atoms with Crippen LogP contribution in [0.2, 0.25) is 0 Å². The molecule has 1 fully saturated rings. The zero-order valence-electron chi connectivity index (χ0n) is 14.9. The number of hydrogen-bond acceptors (Lipinski definition) is 2. The van der Waals surface area contributed by atoms with Crippen molar-refractivity contribution in [1.82, 2.24) is 0 Å². The average Bonchev–Trinajstić information content (AvgIpc) is 2.93. The second-order valence-electron chi connectivity index (χ2n) is 6.20. The van der Waals surface area contributed by atoms with Crippen LogP contribution in [0.15, 0.2) is 24.3 Å². The molecule has 1 saturated carbocycles. The SMILES string of the molecule is CCCC/C=C\C=C\[C@H]1CCC(=O)C1.CCCCCCC(=O)O. The minimum atomic E-state index is -0.675. The quantitative estimate of drug-likeness (QED) is 0.414. The Bertz CT molecular complexity index is 369. The molecule has 3 heteroatoms. The van der Waals surface area contributed by atoms with Crippen molar-refractivity contribution in [2.45, 2.75) is 84.5 Å². The fourth-order valence-electron chi connectivity index (χ4n) is 2.43. The van der Waals surface area contributed by atoms with E-state index >= 15 is 0 Å². The van der Waals surface area contributed by atoms with Crippen LogP contribution in [-0.4, -0.2) is 16.9 Å². The number of rotatable bonds is 10. The summed E-state index contributed by atoms with van der Waals surface area (Å²) in [5.41, 5.74) is 0. The number of aliphatic carboxylic acids is 1. The molecule has 0 amide bonds. The fraction of sp³-hybridized carbons (Fsp3) is 0.700. The van der Waals surface area contributed by atoms with E-state index in [1.165, 1.54) is 25.7 Å². The molecule has 1 aliphatic carbocycles. The van der Waals surface area contributed by atoms with Crippen molar-refractivity contribution in [2.24, 2.45) is 5.92 Å². The molecule has 0 radical (unpaired) electrons. The summed E-state index contributed by atoms with van der Waals surface area (Å²) in [6, 6.07) is 0. The summed E-state index contributed by atoms with van der Waals surface area (Å²) in [6.07, 6.45) is 19.4. The van der Waals surface area contributed by atoms with E-state index in [0.717, 1.165) is 38.5 Å². The third kappa shape index (κ3) is 15.3. The van der Waals surface area contributed by atoms with Gasteiger partial charge in [-0.2, -0.15) is 0 Å². The molecule has 0 spiro atoms. The van der Waals surface area contributed by atoms with Gasteiger partial charge in [0.05, 0.1) is 0 Å². The van der Waals surface area contributed by atoms with Gasteiger partial charge in [0.25, 0.3) is 0 Å². The molecule has 1 rings (SSSR count). The standard InChI is InChI=1S/C13H20O.C7H14O2/c1-2-3-4-5-6-7-8-12-9-10-13(14)11-12;1-2-3-4-5-6-7(8)9/h5-8,12H,2-4,9-11H2,1H3;2-6H2,1H3,(H,8,9)/b6-5-,8-7+;/t12-;/m0./s1. The second kappa shape index (κ2) is 15.5.